The largest absolute Gasteiger partial charge is 0.493 e. The van der Waals surface area contributed by atoms with E-state index < -0.39 is 0 Å². The lowest BCUT2D eigenvalue weighted by Crippen LogP contribution is -2.36. The Hall–Kier alpha value is -2.62. The van der Waals surface area contributed by atoms with E-state index in [2.05, 4.69) is 13.0 Å². The molecule has 4 heteroatoms. The Kier molecular flexibility index (Phi) is 4.97. The number of nitrogens with zero attached hydrogens (tertiary/aromatic N) is 1. The van der Waals surface area contributed by atoms with Gasteiger partial charge in [-0.1, -0.05) is 30.3 Å². The van der Waals surface area contributed by atoms with Crippen LogP contribution in [0.4, 0.5) is 0 Å². The summed E-state index contributed by atoms with van der Waals surface area (Å²) in [5.74, 6) is 1.62. The van der Waals surface area contributed by atoms with Crippen molar-refractivity contribution in [2.24, 2.45) is 11.8 Å². The first-order chi connectivity index (χ1) is 13.1. The Labute approximate surface area is 160 Å². The van der Waals surface area contributed by atoms with E-state index in [-0.39, 0.29) is 11.8 Å². The van der Waals surface area contributed by atoms with Gasteiger partial charge in [-0.3, -0.25) is 14.5 Å². The molecule has 2 amide bonds. The quantitative estimate of drug-likeness (QED) is 0.736. The monoisotopic (exact) mass is 363 g/mol. The molecule has 2 aromatic carbocycles. The van der Waals surface area contributed by atoms with Crippen molar-refractivity contribution in [2.45, 2.75) is 32.6 Å². The molecule has 1 saturated carbocycles. The lowest BCUT2D eigenvalue weighted by atomic mass is 9.82. The van der Waals surface area contributed by atoms with Crippen LogP contribution in [0.15, 0.2) is 48.5 Å². The van der Waals surface area contributed by atoms with E-state index in [4.69, 9.17) is 4.74 Å². The summed E-state index contributed by atoms with van der Waals surface area (Å²) in [6, 6.07) is 15.2. The number of rotatable bonds is 5. The zero-order valence-corrected chi connectivity index (χ0v) is 15.7. The van der Waals surface area contributed by atoms with Crippen LogP contribution in [-0.2, 0) is 0 Å². The third-order valence-corrected chi connectivity index (χ3v) is 5.85. The Morgan fingerprint density at radius 1 is 0.852 bits per heavy atom. The molecule has 1 aliphatic carbocycles. The molecule has 0 atom stereocenters. The van der Waals surface area contributed by atoms with Crippen LogP contribution in [-0.4, -0.2) is 29.9 Å². The lowest BCUT2D eigenvalue weighted by Gasteiger charge is -2.30. The average Bonchev–Trinajstić information content (AvgIpc) is 2.94. The van der Waals surface area contributed by atoms with Crippen LogP contribution in [0.2, 0.25) is 0 Å². The molecule has 27 heavy (non-hydrogen) atoms. The van der Waals surface area contributed by atoms with Gasteiger partial charge in [0.1, 0.15) is 5.75 Å². The molecule has 0 spiro atoms. The zero-order chi connectivity index (χ0) is 18.8. The molecule has 1 heterocycles. The van der Waals surface area contributed by atoms with Gasteiger partial charge in [0.15, 0.2) is 0 Å². The number of imide groups is 1. The van der Waals surface area contributed by atoms with Crippen molar-refractivity contribution in [1.82, 2.24) is 4.90 Å². The summed E-state index contributed by atoms with van der Waals surface area (Å²) in [5, 5.41) is 0. The summed E-state index contributed by atoms with van der Waals surface area (Å²) < 4.78 is 6.00. The van der Waals surface area contributed by atoms with Crippen LogP contribution >= 0.6 is 0 Å². The highest BCUT2D eigenvalue weighted by atomic mass is 16.5. The van der Waals surface area contributed by atoms with E-state index in [1.807, 2.05) is 30.3 Å². The maximum atomic E-state index is 12.5. The predicted octanol–water partition coefficient (Wildman–Crippen LogP) is 4.48. The molecule has 0 bridgehead atoms. The summed E-state index contributed by atoms with van der Waals surface area (Å²) in [7, 11) is 0. The van der Waals surface area contributed by atoms with Crippen LogP contribution in [0.25, 0.3) is 0 Å². The van der Waals surface area contributed by atoms with Gasteiger partial charge < -0.3 is 4.74 Å². The molecule has 1 fully saturated rings. The Morgan fingerprint density at radius 3 is 2.04 bits per heavy atom. The molecule has 0 N–H and O–H groups in total. The average molecular weight is 363 g/mol. The highest BCUT2D eigenvalue weighted by Crippen LogP contribution is 2.32. The van der Waals surface area contributed by atoms with Gasteiger partial charge in [0.25, 0.3) is 11.8 Å². The van der Waals surface area contributed by atoms with Crippen LogP contribution < -0.4 is 4.74 Å². The molecule has 0 radical (unpaired) electrons. The highest BCUT2D eigenvalue weighted by Gasteiger charge is 2.37. The fourth-order valence-corrected chi connectivity index (χ4v) is 4.17. The smallest absolute Gasteiger partial charge is 0.261 e. The number of para-hydroxylation sites is 1. The second-order valence-corrected chi connectivity index (χ2v) is 7.73. The molecular weight excluding hydrogens is 338 g/mol. The second kappa shape index (κ2) is 7.55. The molecule has 2 aliphatic rings. The topological polar surface area (TPSA) is 46.6 Å². The maximum absolute atomic E-state index is 12.5. The minimum Gasteiger partial charge on any atom is -0.493 e. The Balaban J connectivity index is 1.28. The molecule has 4 rings (SSSR count). The maximum Gasteiger partial charge on any atom is 0.261 e. The van der Waals surface area contributed by atoms with Gasteiger partial charge in [-0.15, -0.1) is 0 Å². The second-order valence-electron chi connectivity index (χ2n) is 7.73. The number of fused-ring (bicyclic) bond motifs is 1. The van der Waals surface area contributed by atoms with E-state index in [9.17, 15) is 9.59 Å². The van der Waals surface area contributed by atoms with Gasteiger partial charge in [-0.2, -0.15) is 0 Å². The number of ether oxygens (including phenoxy) is 1. The molecule has 0 aromatic heterocycles. The van der Waals surface area contributed by atoms with Gasteiger partial charge in [-0.05, 0) is 68.2 Å². The van der Waals surface area contributed by atoms with Gasteiger partial charge >= 0.3 is 0 Å². The number of benzene rings is 2. The summed E-state index contributed by atoms with van der Waals surface area (Å²) in [5.41, 5.74) is 2.25. The van der Waals surface area contributed by atoms with Crippen molar-refractivity contribution < 1.29 is 14.3 Å². The molecule has 0 saturated heterocycles. The van der Waals surface area contributed by atoms with Crippen molar-refractivity contribution >= 4 is 11.8 Å². The first-order valence-electron chi connectivity index (χ1n) is 9.77. The van der Waals surface area contributed by atoms with Crippen LogP contribution in [0.1, 0.15) is 52.0 Å². The van der Waals surface area contributed by atoms with Crippen molar-refractivity contribution in [3.63, 3.8) is 0 Å². The molecule has 4 nitrogen and oxygen atoms in total. The lowest BCUT2D eigenvalue weighted by molar-refractivity contribution is 0.0604. The highest BCUT2D eigenvalue weighted by molar-refractivity contribution is 6.21. The van der Waals surface area contributed by atoms with E-state index in [1.54, 1.807) is 12.1 Å². The first-order valence-corrected chi connectivity index (χ1v) is 9.77. The SMILES string of the molecule is Cc1ccccc1OCC1CCC(CN2C(=O)c3ccccc3C2=O)CC1. The minimum absolute atomic E-state index is 0.138. The summed E-state index contributed by atoms with van der Waals surface area (Å²) >= 11 is 0. The van der Waals surface area contributed by atoms with Crippen molar-refractivity contribution in [1.29, 1.82) is 0 Å². The zero-order valence-electron chi connectivity index (χ0n) is 15.7. The number of hydrogen-bond acceptors (Lipinski definition) is 3. The minimum atomic E-state index is -0.138. The molecule has 0 unspecified atom stereocenters. The van der Waals surface area contributed by atoms with Gasteiger partial charge in [0.05, 0.1) is 17.7 Å². The summed E-state index contributed by atoms with van der Waals surface area (Å²) in [6.45, 7) is 3.34. The molecule has 2 aromatic rings. The number of amides is 2. The third kappa shape index (κ3) is 3.61. The fourth-order valence-electron chi connectivity index (χ4n) is 4.17. The standard InChI is InChI=1S/C23H25NO3/c1-16-6-2-5-9-21(16)27-15-18-12-10-17(11-13-18)14-24-22(25)19-7-3-4-8-20(19)23(24)26/h2-9,17-18H,10-15H2,1H3. The Morgan fingerprint density at radius 2 is 1.41 bits per heavy atom. The van der Waals surface area contributed by atoms with Crippen LogP contribution in [0, 0.1) is 18.8 Å². The van der Waals surface area contributed by atoms with Crippen molar-refractivity contribution in [3.8, 4) is 5.75 Å². The third-order valence-electron chi connectivity index (χ3n) is 5.85. The number of carbonyl (C=O) groups excluding carboxylic acids is 2. The molecule has 1 aliphatic heterocycles. The van der Waals surface area contributed by atoms with Crippen molar-refractivity contribution in [2.75, 3.05) is 13.2 Å². The number of carbonyl (C=O) groups is 2. The van der Waals surface area contributed by atoms with Gasteiger partial charge in [-0.25, -0.2) is 0 Å². The Bertz CT molecular complexity index is 817. The van der Waals surface area contributed by atoms with Crippen LogP contribution in [0.5, 0.6) is 5.75 Å². The normalized spacial score (nSPS) is 22.0. The molecular formula is C23H25NO3. The van der Waals surface area contributed by atoms with Gasteiger partial charge in [0.2, 0.25) is 0 Å². The predicted molar refractivity (Wildman–Crippen MR) is 104 cm³/mol. The van der Waals surface area contributed by atoms with E-state index in [0.717, 1.165) is 43.6 Å². The molecule has 140 valence electrons. The van der Waals surface area contributed by atoms with E-state index >= 15 is 0 Å². The van der Waals surface area contributed by atoms with Crippen LogP contribution in [0.3, 0.4) is 0 Å². The number of aryl methyl sites for hydroxylation is 1. The number of hydrogen-bond donors (Lipinski definition) is 0. The fraction of sp³-hybridized carbons (Fsp3) is 0.391. The first kappa shape index (κ1) is 17.8. The van der Waals surface area contributed by atoms with E-state index in [0.29, 0.717) is 29.5 Å². The van der Waals surface area contributed by atoms with Crippen molar-refractivity contribution in [3.05, 3.63) is 65.2 Å². The summed E-state index contributed by atoms with van der Waals surface area (Å²) in [4.78, 5) is 26.5. The van der Waals surface area contributed by atoms with E-state index in [1.165, 1.54) is 4.90 Å². The summed E-state index contributed by atoms with van der Waals surface area (Å²) in [6.07, 6.45) is 4.24. The van der Waals surface area contributed by atoms with Gasteiger partial charge in [0, 0.05) is 6.54 Å².